The number of aromatic nitrogens is 5. The number of pyridine rings is 2. The van der Waals surface area contributed by atoms with E-state index in [2.05, 4.69) is 20.3 Å². The molecule has 0 aromatic carbocycles. The smallest absolute Gasteiger partial charge is 0.115 e. The zero-order chi connectivity index (χ0) is 12.4. The van der Waals surface area contributed by atoms with Gasteiger partial charge in [0.25, 0.3) is 0 Å². The Labute approximate surface area is 103 Å². The molecule has 0 atom stereocenters. The van der Waals surface area contributed by atoms with E-state index in [4.69, 9.17) is 5.73 Å². The van der Waals surface area contributed by atoms with Crippen LogP contribution in [-0.2, 0) is 0 Å². The molecule has 0 aliphatic heterocycles. The van der Waals surface area contributed by atoms with E-state index in [0.717, 1.165) is 16.9 Å². The maximum Gasteiger partial charge on any atom is 0.115 e. The van der Waals surface area contributed by atoms with Gasteiger partial charge in [-0.3, -0.25) is 9.97 Å². The molecule has 3 aromatic rings. The number of nitrogen functional groups attached to an aromatic ring is 1. The van der Waals surface area contributed by atoms with E-state index in [-0.39, 0.29) is 0 Å². The zero-order valence-corrected chi connectivity index (χ0v) is 9.43. The maximum absolute atomic E-state index is 5.69. The number of nitrogens with two attached hydrogens (primary N) is 1. The Kier molecular flexibility index (Phi) is 2.45. The van der Waals surface area contributed by atoms with Crippen LogP contribution < -0.4 is 5.73 Å². The molecule has 3 heterocycles. The molecule has 0 amide bonds. The summed E-state index contributed by atoms with van der Waals surface area (Å²) in [7, 11) is 0. The minimum atomic E-state index is 0.600. The van der Waals surface area contributed by atoms with Crippen molar-refractivity contribution in [2.75, 3.05) is 5.73 Å². The Morgan fingerprint density at radius 3 is 2.83 bits per heavy atom. The molecule has 0 aliphatic rings. The number of hydrogen-bond acceptors (Lipinski definition) is 5. The molecule has 0 bridgehead atoms. The molecule has 0 saturated heterocycles. The van der Waals surface area contributed by atoms with Crippen LogP contribution in [0.15, 0.2) is 49.2 Å². The summed E-state index contributed by atoms with van der Waals surface area (Å²) >= 11 is 0. The normalized spacial score (nSPS) is 10.4. The van der Waals surface area contributed by atoms with Crippen LogP contribution in [-0.4, -0.2) is 25.0 Å². The van der Waals surface area contributed by atoms with E-state index in [0.29, 0.717) is 5.69 Å². The van der Waals surface area contributed by atoms with E-state index in [9.17, 15) is 0 Å². The van der Waals surface area contributed by atoms with Crippen LogP contribution in [0.1, 0.15) is 0 Å². The summed E-state index contributed by atoms with van der Waals surface area (Å²) in [5.41, 5.74) is 8.70. The largest absolute Gasteiger partial charge is 0.397 e. The van der Waals surface area contributed by atoms with Gasteiger partial charge in [-0.1, -0.05) is 5.21 Å². The lowest BCUT2D eigenvalue weighted by Crippen LogP contribution is -1.94. The van der Waals surface area contributed by atoms with Crippen LogP contribution in [0.3, 0.4) is 0 Å². The molecule has 88 valence electrons. The minimum absolute atomic E-state index is 0.600. The number of anilines is 1. The Hall–Kier alpha value is -2.76. The van der Waals surface area contributed by atoms with Crippen molar-refractivity contribution in [3.63, 3.8) is 0 Å². The van der Waals surface area contributed by atoms with Gasteiger partial charge in [0.2, 0.25) is 0 Å². The van der Waals surface area contributed by atoms with Crippen LogP contribution in [0, 0.1) is 0 Å². The topological polar surface area (TPSA) is 82.5 Å². The number of nitrogens with zero attached hydrogens (tertiary/aromatic N) is 5. The predicted octanol–water partition coefficient (Wildman–Crippen LogP) is 1.31. The second-order valence-electron chi connectivity index (χ2n) is 3.77. The molecule has 18 heavy (non-hydrogen) atoms. The van der Waals surface area contributed by atoms with Gasteiger partial charge in [0, 0.05) is 24.2 Å². The second-order valence-corrected chi connectivity index (χ2v) is 3.77. The minimum Gasteiger partial charge on any atom is -0.397 e. The van der Waals surface area contributed by atoms with E-state index in [1.807, 2.05) is 24.4 Å². The van der Waals surface area contributed by atoms with Crippen LogP contribution in [0.2, 0.25) is 0 Å². The van der Waals surface area contributed by atoms with Crippen molar-refractivity contribution in [3.05, 3.63) is 49.2 Å². The van der Waals surface area contributed by atoms with E-state index < -0.39 is 0 Å². The van der Waals surface area contributed by atoms with Crippen LogP contribution in [0.5, 0.6) is 0 Å². The van der Waals surface area contributed by atoms with Gasteiger partial charge in [-0.25, -0.2) is 4.68 Å². The fourth-order valence-corrected chi connectivity index (χ4v) is 1.61. The summed E-state index contributed by atoms with van der Waals surface area (Å²) in [6, 6.07) is 5.56. The van der Waals surface area contributed by atoms with Gasteiger partial charge < -0.3 is 5.73 Å². The fraction of sp³-hybridized carbons (Fsp3) is 0. The van der Waals surface area contributed by atoms with Crippen LogP contribution in [0.25, 0.3) is 16.9 Å². The van der Waals surface area contributed by atoms with Crippen molar-refractivity contribution in [1.82, 2.24) is 25.0 Å². The van der Waals surface area contributed by atoms with Crippen molar-refractivity contribution in [2.45, 2.75) is 0 Å². The maximum atomic E-state index is 5.69. The first-order valence-corrected chi connectivity index (χ1v) is 5.36. The molecule has 3 aromatic heterocycles. The van der Waals surface area contributed by atoms with Crippen LogP contribution in [0.4, 0.5) is 5.69 Å². The number of rotatable bonds is 2. The van der Waals surface area contributed by atoms with Crippen molar-refractivity contribution >= 4 is 5.69 Å². The molecule has 0 spiro atoms. The molecule has 6 heteroatoms. The van der Waals surface area contributed by atoms with Gasteiger partial charge in [-0.05, 0) is 18.2 Å². The first kappa shape index (κ1) is 10.4. The number of hydrogen-bond donors (Lipinski definition) is 1. The van der Waals surface area contributed by atoms with Crippen molar-refractivity contribution in [3.8, 4) is 16.9 Å². The summed E-state index contributed by atoms with van der Waals surface area (Å²) in [6.45, 7) is 0. The molecule has 0 radical (unpaired) electrons. The summed E-state index contributed by atoms with van der Waals surface area (Å²) in [4.78, 5) is 8.06. The predicted molar refractivity (Wildman–Crippen MR) is 66.8 cm³/mol. The molecule has 0 saturated carbocycles. The molecular formula is C12H10N6. The van der Waals surface area contributed by atoms with Crippen molar-refractivity contribution in [2.24, 2.45) is 0 Å². The third-order valence-corrected chi connectivity index (χ3v) is 2.46. The fourth-order valence-electron chi connectivity index (χ4n) is 1.61. The quantitative estimate of drug-likeness (QED) is 0.727. The Bertz CT molecular complexity index is 661. The molecular weight excluding hydrogens is 228 g/mol. The second kappa shape index (κ2) is 4.25. The summed E-state index contributed by atoms with van der Waals surface area (Å²) < 4.78 is 1.66. The van der Waals surface area contributed by atoms with Gasteiger partial charge in [-0.2, -0.15) is 0 Å². The van der Waals surface area contributed by atoms with E-state index >= 15 is 0 Å². The van der Waals surface area contributed by atoms with Gasteiger partial charge in [0.15, 0.2) is 0 Å². The first-order valence-electron chi connectivity index (χ1n) is 5.36. The Balaban J connectivity index is 2.00. The third kappa shape index (κ3) is 1.91. The van der Waals surface area contributed by atoms with E-state index in [1.54, 1.807) is 29.5 Å². The molecule has 0 fully saturated rings. The zero-order valence-electron chi connectivity index (χ0n) is 9.43. The van der Waals surface area contributed by atoms with E-state index in [1.165, 1.54) is 0 Å². The van der Waals surface area contributed by atoms with Gasteiger partial charge in [0.05, 0.1) is 23.8 Å². The highest BCUT2D eigenvalue weighted by Crippen LogP contribution is 2.18. The highest BCUT2D eigenvalue weighted by atomic mass is 15.4. The molecule has 0 unspecified atom stereocenters. The summed E-state index contributed by atoms with van der Waals surface area (Å²) in [6.07, 6.45) is 8.54. The standard InChI is InChI=1S/C12H10N6/c13-10-4-9(5-15-6-10)12-8-18(17-16-12)11-2-1-3-14-7-11/h1-8H,13H2. The molecule has 0 aliphatic carbocycles. The average molecular weight is 238 g/mol. The third-order valence-electron chi connectivity index (χ3n) is 2.46. The highest BCUT2D eigenvalue weighted by molar-refractivity contribution is 5.61. The molecule has 3 rings (SSSR count). The lowest BCUT2D eigenvalue weighted by atomic mass is 10.2. The van der Waals surface area contributed by atoms with Gasteiger partial charge >= 0.3 is 0 Å². The molecule has 2 N–H and O–H groups in total. The lowest BCUT2D eigenvalue weighted by Gasteiger charge is -1.97. The average Bonchev–Trinajstić information content (AvgIpc) is 2.89. The van der Waals surface area contributed by atoms with Gasteiger partial charge in [0.1, 0.15) is 5.69 Å². The van der Waals surface area contributed by atoms with Gasteiger partial charge in [-0.15, -0.1) is 5.10 Å². The highest BCUT2D eigenvalue weighted by Gasteiger charge is 2.05. The molecule has 6 nitrogen and oxygen atoms in total. The summed E-state index contributed by atoms with van der Waals surface area (Å²) in [5.74, 6) is 0. The van der Waals surface area contributed by atoms with Crippen molar-refractivity contribution in [1.29, 1.82) is 0 Å². The Morgan fingerprint density at radius 1 is 1.11 bits per heavy atom. The van der Waals surface area contributed by atoms with Crippen LogP contribution >= 0.6 is 0 Å². The SMILES string of the molecule is Nc1cncc(-c2cn(-c3cccnc3)nn2)c1. The monoisotopic (exact) mass is 238 g/mol. The van der Waals surface area contributed by atoms with Crippen molar-refractivity contribution < 1.29 is 0 Å². The summed E-state index contributed by atoms with van der Waals surface area (Å²) in [5, 5.41) is 8.14. The Morgan fingerprint density at radius 2 is 2.06 bits per heavy atom. The first-order chi connectivity index (χ1) is 8.83. The lowest BCUT2D eigenvalue weighted by molar-refractivity contribution is 0.800.